The average molecular weight is 288 g/mol. The van der Waals surface area contributed by atoms with Crippen molar-refractivity contribution in [3.05, 3.63) is 53.1 Å². The number of rotatable bonds is 6. The van der Waals surface area contributed by atoms with Gasteiger partial charge < -0.3 is 9.47 Å². The second kappa shape index (κ2) is 8.04. The molecule has 0 bridgehead atoms. The maximum atomic E-state index is 11.5. The van der Waals surface area contributed by atoms with Crippen molar-refractivity contribution in [3.63, 3.8) is 0 Å². The van der Waals surface area contributed by atoms with Crippen LogP contribution in [0.5, 0.6) is 0 Å². The first kappa shape index (κ1) is 16.7. The van der Waals surface area contributed by atoms with Gasteiger partial charge in [-0.05, 0) is 38.0 Å². The molecule has 0 saturated carbocycles. The standard InChI is InChI=1S/C17H20O4/c1-12(2)17(19)21-10-9-20-16(18)8-7-15-6-5-13(3)11-14(15)4/h5-8,11H,1,9-10H2,2-4H3/b8-7+. The van der Waals surface area contributed by atoms with Crippen LogP contribution in [0.3, 0.4) is 0 Å². The molecule has 0 fully saturated rings. The number of benzene rings is 1. The van der Waals surface area contributed by atoms with E-state index in [0.29, 0.717) is 5.57 Å². The average Bonchev–Trinajstić information content (AvgIpc) is 2.42. The third-order valence-electron chi connectivity index (χ3n) is 2.73. The van der Waals surface area contributed by atoms with Gasteiger partial charge in [-0.25, -0.2) is 9.59 Å². The molecule has 1 aromatic carbocycles. The Morgan fingerprint density at radius 1 is 1.19 bits per heavy atom. The number of aryl methyl sites for hydroxylation is 2. The Bertz CT molecular complexity index is 570. The highest BCUT2D eigenvalue weighted by Gasteiger charge is 2.03. The lowest BCUT2D eigenvalue weighted by Crippen LogP contribution is -2.12. The lowest BCUT2D eigenvalue weighted by molar-refractivity contribution is -0.146. The van der Waals surface area contributed by atoms with Crippen LogP contribution in [0, 0.1) is 13.8 Å². The lowest BCUT2D eigenvalue weighted by atomic mass is 10.1. The summed E-state index contributed by atoms with van der Waals surface area (Å²) in [5.74, 6) is -0.960. The van der Waals surface area contributed by atoms with Crippen LogP contribution in [0.15, 0.2) is 36.4 Å². The largest absolute Gasteiger partial charge is 0.459 e. The molecule has 0 aromatic heterocycles. The fourth-order valence-corrected chi connectivity index (χ4v) is 1.62. The molecule has 0 atom stereocenters. The van der Waals surface area contributed by atoms with E-state index < -0.39 is 11.9 Å². The summed E-state index contributed by atoms with van der Waals surface area (Å²) in [6.07, 6.45) is 3.06. The van der Waals surface area contributed by atoms with Crippen LogP contribution in [-0.4, -0.2) is 25.2 Å². The molecular weight excluding hydrogens is 268 g/mol. The summed E-state index contributed by atoms with van der Waals surface area (Å²) >= 11 is 0. The molecule has 1 rings (SSSR count). The number of ether oxygens (including phenoxy) is 2. The van der Waals surface area contributed by atoms with Crippen LogP contribution in [0.1, 0.15) is 23.6 Å². The molecule has 0 N–H and O–H groups in total. The molecule has 21 heavy (non-hydrogen) atoms. The Balaban J connectivity index is 2.38. The molecule has 0 aliphatic heterocycles. The first-order valence-corrected chi connectivity index (χ1v) is 6.65. The third-order valence-corrected chi connectivity index (χ3v) is 2.73. The van der Waals surface area contributed by atoms with E-state index in [4.69, 9.17) is 9.47 Å². The number of carbonyl (C=O) groups excluding carboxylic acids is 2. The predicted molar refractivity (Wildman–Crippen MR) is 81.7 cm³/mol. The van der Waals surface area contributed by atoms with Crippen LogP contribution in [0.2, 0.25) is 0 Å². The molecule has 0 heterocycles. The highest BCUT2D eigenvalue weighted by Crippen LogP contribution is 2.12. The molecule has 4 heteroatoms. The zero-order valence-electron chi connectivity index (χ0n) is 12.6. The van der Waals surface area contributed by atoms with E-state index in [1.54, 1.807) is 13.0 Å². The molecule has 4 nitrogen and oxygen atoms in total. The van der Waals surface area contributed by atoms with Gasteiger partial charge in [-0.2, -0.15) is 0 Å². The predicted octanol–water partition coefficient (Wildman–Crippen LogP) is 2.98. The quantitative estimate of drug-likeness (QED) is 0.459. The summed E-state index contributed by atoms with van der Waals surface area (Å²) in [6.45, 7) is 9.05. The molecule has 1 aromatic rings. The smallest absolute Gasteiger partial charge is 0.333 e. The van der Waals surface area contributed by atoms with E-state index in [-0.39, 0.29) is 13.2 Å². The van der Waals surface area contributed by atoms with Crippen LogP contribution < -0.4 is 0 Å². The molecule has 0 saturated heterocycles. The molecule has 0 unspecified atom stereocenters. The van der Waals surface area contributed by atoms with Crippen molar-refractivity contribution in [2.24, 2.45) is 0 Å². The van der Waals surface area contributed by atoms with Gasteiger partial charge in [-0.15, -0.1) is 0 Å². The van der Waals surface area contributed by atoms with Crippen molar-refractivity contribution in [1.82, 2.24) is 0 Å². The zero-order valence-corrected chi connectivity index (χ0v) is 12.6. The van der Waals surface area contributed by atoms with E-state index in [9.17, 15) is 9.59 Å². The van der Waals surface area contributed by atoms with Crippen LogP contribution in [-0.2, 0) is 19.1 Å². The minimum Gasteiger partial charge on any atom is -0.459 e. The van der Waals surface area contributed by atoms with Crippen molar-refractivity contribution < 1.29 is 19.1 Å². The van der Waals surface area contributed by atoms with E-state index >= 15 is 0 Å². The SMILES string of the molecule is C=C(C)C(=O)OCCOC(=O)/C=C/c1ccc(C)cc1C. The second-order valence-corrected chi connectivity index (χ2v) is 4.78. The lowest BCUT2D eigenvalue weighted by Gasteiger charge is -2.04. The van der Waals surface area contributed by atoms with Crippen molar-refractivity contribution in [2.45, 2.75) is 20.8 Å². The monoisotopic (exact) mass is 288 g/mol. The van der Waals surface area contributed by atoms with Crippen LogP contribution >= 0.6 is 0 Å². The van der Waals surface area contributed by atoms with Crippen molar-refractivity contribution in [2.75, 3.05) is 13.2 Å². The van der Waals surface area contributed by atoms with Crippen molar-refractivity contribution in [1.29, 1.82) is 0 Å². The minimum absolute atomic E-state index is 0.0227. The van der Waals surface area contributed by atoms with Gasteiger partial charge in [0.25, 0.3) is 0 Å². The Hall–Kier alpha value is -2.36. The number of hydrogen-bond acceptors (Lipinski definition) is 4. The molecule has 0 aliphatic carbocycles. The first-order chi connectivity index (χ1) is 9.90. The van der Waals surface area contributed by atoms with Crippen LogP contribution in [0.25, 0.3) is 6.08 Å². The van der Waals surface area contributed by atoms with Gasteiger partial charge in [0, 0.05) is 11.6 Å². The topological polar surface area (TPSA) is 52.6 Å². The molecule has 0 radical (unpaired) electrons. The number of hydrogen-bond donors (Lipinski definition) is 0. The molecular formula is C17H20O4. The van der Waals surface area contributed by atoms with E-state index in [1.807, 2.05) is 32.0 Å². The number of carbonyl (C=O) groups is 2. The van der Waals surface area contributed by atoms with Crippen LogP contribution in [0.4, 0.5) is 0 Å². The second-order valence-electron chi connectivity index (χ2n) is 4.78. The molecule has 0 spiro atoms. The summed E-state index contributed by atoms with van der Waals surface area (Å²) in [4.78, 5) is 22.6. The Kier molecular flexibility index (Phi) is 6.40. The maximum absolute atomic E-state index is 11.5. The van der Waals surface area contributed by atoms with E-state index in [0.717, 1.165) is 11.1 Å². The van der Waals surface area contributed by atoms with Gasteiger partial charge in [0.15, 0.2) is 0 Å². The molecule has 0 aliphatic rings. The Morgan fingerprint density at radius 3 is 2.48 bits per heavy atom. The fourth-order valence-electron chi connectivity index (χ4n) is 1.62. The third kappa shape index (κ3) is 6.08. The maximum Gasteiger partial charge on any atom is 0.333 e. The number of esters is 2. The van der Waals surface area contributed by atoms with Gasteiger partial charge in [0.05, 0.1) is 0 Å². The van der Waals surface area contributed by atoms with E-state index in [1.165, 1.54) is 11.6 Å². The summed E-state index contributed by atoms with van der Waals surface area (Å²) in [5, 5.41) is 0. The fraction of sp³-hybridized carbons (Fsp3) is 0.294. The first-order valence-electron chi connectivity index (χ1n) is 6.65. The summed E-state index contributed by atoms with van der Waals surface area (Å²) in [6, 6.07) is 5.97. The Labute approximate surface area is 125 Å². The summed E-state index contributed by atoms with van der Waals surface area (Å²) < 4.78 is 9.73. The minimum atomic E-state index is -0.489. The van der Waals surface area contributed by atoms with Gasteiger partial charge in [-0.3, -0.25) is 0 Å². The zero-order chi connectivity index (χ0) is 15.8. The van der Waals surface area contributed by atoms with E-state index in [2.05, 4.69) is 6.58 Å². The normalized spacial score (nSPS) is 10.4. The van der Waals surface area contributed by atoms with Crippen molar-refractivity contribution >= 4 is 18.0 Å². The van der Waals surface area contributed by atoms with Gasteiger partial charge in [0.1, 0.15) is 13.2 Å². The summed E-state index contributed by atoms with van der Waals surface area (Å²) in [5.41, 5.74) is 3.54. The van der Waals surface area contributed by atoms with Gasteiger partial charge >= 0.3 is 11.9 Å². The summed E-state index contributed by atoms with van der Waals surface area (Å²) in [7, 11) is 0. The van der Waals surface area contributed by atoms with Gasteiger partial charge in [0.2, 0.25) is 0 Å². The van der Waals surface area contributed by atoms with Gasteiger partial charge in [-0.1, -0.05) is 30.3 Å². The highest BCUT2D eigenvalue weighted by molar-refractivity contribution is 5.87. The Morgan fingerprint density at radius 2 is 1.86 bits per heavy atom. The highest BCUT2D eigenvalue weighted by atomic mass is 16.6. The molecule has 112 valence electrons. The van der Waals surface area contributed by atoms with Crippen molar-refractivity contribution in [3.8, 4) is 0 Å². The molecule has 0 amide bonds.